The van der Waals surface area contributed by atoms with Gasteiger partial charge in [0.25, 0.3) is 5.91 Å². The first-order valence-electron chi connectivity index (χ1n) is 9.23. The molecular weight excluding hydrogens is 380 g/mol. The van der Waals surface area contributed by atoms with Crippen LogP contribution in [-0.2, 0) is 11.2 Å². The lowest BCUT2D eigenvalue weighted by Crippen LogP contribution is -2.37. The Balaban J connectivity index is 1.73. The average Bonchev–Trinajstić information content (AvgIpc) is 3.35. The number of benzene rings is 2. The number of fused-ring (bicyclic) bond motifs is 1. The SMILES string of the molecule is CCc1cccc2sc(N(CC3CCCO3)C(=O)c3ccc(Cl)cc3)nc12. The maximum absolute atomic E-state index is 13.3. The van der Waals surface area contributed by atoms with Crippen molar-refractivity contribution < 1.29 is 9.53 Å². The van der Waals surface area contributed by atoms with Gasteiger partial charge in [-0.3, -0.25) is 9.69 Å². The van der Waals surface area contributed by atoms with Crippen LogP contribution in [0.5, 0.6) is 0 Å². The van der Waals surface area contributed by atoms with Crippen LogP contribution in [0.25, 0.3) is 10.2 Å². The van der Waals surface area contributed by atoms with Gasteiger partial charge in [0.2, 0.25) is 0 Å². The molecule has 1 saturated heterocycles. The summed E-state index contributed by atoms with van der Waals surface area (Å²) in [6, 6.07) is 13.2. The van der Waals surface area contributed by atoms with Crippen molar-refractivity contribution in [3.8, 4) is 0 Å². The summed E-state index contributed by atoms with van der Waals surface area (Å²) < 4.78 is 6.89. The first-order chi connectivity index (χ1) is 13.2. The number of ether oxygens (including phenoxy) is 1. The third-order valence-electron chi connectivity index (χ3n) is 4.85. The van der Waals surface area contributed by atoms with E-state index in [1.54, 1.807) is 40.5 Å². The highest BCUT2D eigenvalue weighted by molar-refractivity contribution is 7.22. The lowest BCUT2D eigenvalue weighted by molar-refractivity contribution is 0.0917. The number of nitrogens with zero attached hydrogens (tertiary/aromatic N) is 2. The van der Waals surface area contributed by atoms with Gasteiger partial charge < -0.3 is 4.74 Å². The molecule has 140 valence electrons. The number of aromatic nitrogens is 1. The van der Waals surface area contributed by atoms with Gasteiger partial charge in [-0.05, 0) is 55.2 Å². The maximum Gasteiger partial charge on any atom is 0.260 e. The van der Waals surface area contributed by atoms with Crippen molar-refractivity contribution in [3.05, 3.63) is 58.6 Å². The van der Waals surface area contributed by atoms with E-state index < -0.39 is 0 Å². The molecule has 1 fully saturated rings. The first-order valence-corrected chi connectivity index (χ1v) is 10.4. The second kappa shape index (κ2) is 7.97. The lowest BCUT2D eigenvalue weighted by Gasteiger charge is -2.23. The van der Waals surface area contributed by atoms with Gasteiger partial charge in [0.15, 0.2) is 5.13 Å². The molecule has 0 saturated carbocycles. The number of carbonyl (C=O) groups excluding carboxylic acids is 1. The molecule has 0 aliphatic carbocycles. The molecular formula is C21H21ClN2O2S. The van der Waals surface area contributed by atoms with E-state index in [1.165, 1.54) is 5.56 Å². The zero-order valence-electron chi connectivity index (χ0n) is 15.2. The molecule has 2 aromatic carbocycles. The summed E-state index contributed by atoms with van der Waals surface area (Å²) in [5.41, 5.74) is 2.79. The Kier molecular flexibility index (Phi) is 5.43. The highest BCUT2D eigenvalue weighted by atomic mass is 35.5. The molecule has 2 heterocycles. The normalized spacial score (nSPS) is 16.7. The highest BCUT2D eigenvalue weighted by Gasteiger charge is 2.27. The van der Waals surface area contributed by atoms with Crippen LogP contribution < -0.4 is 4.90 Å². The largest absolute Gasteiger partial charge is 0.376 e. The van der Waals surface area contributed by atoms with E-state index in [0.29, 0.717) is 17.1 Å². The van der Waals surface area contributed by atoms with E-state index in [9.17, 15) is 4.79 Å². The summed E-state index contributed by atoms with van der Waals surface area (Å²) >= 11 is 7.54. The summed E-state index contributed by atoms with van der Waals surface area (Å²) in [4.78, 5) is 19.9. The quantitative estimate of drug-likeness (QED) is 0.580. The zero-order chi connectivity index (χ0) is 18.8. The number of para-hydroxylation sites is 1. The topological polar surface area (TPSA) is 42.4 Å². The van der Waals surface area contributed by atoms with E-state index >= 15 is 0 Å². The molecule has 1 amide bonds. The highest BCUT2D eigenvalue weighted by Crippen LogP contribution is 2.32. The standard InChI is InChI=1S/C21H21ClN2O2S/c1-2-14-5-3-7-18-19(14)23-21(27-18)24(13-17-6-4-12-26-17)20(25)15-8-10-16(22)11-9-15/h3,5,7-11,17H,2,4,6,12-13H2,1H3. The first kappa shape index (κ1) is 18.4. The fraction of sp³-hybridized carbons (Fsp3) is 0.333. The predicted molar refractivity (Wildman–Crippen MR) is 111 cm³/mol. The van der Waals surface area contributed by atoms with Crippen molar-refractivity contribution in [2.75, 3.05) is 18.1 Å². The third kappa shape index (κ3) is 3.86. The number of hydrogen-bond donors (Lipinski definition) is 0. The minimum atomic E-state index is -0.0701. The van der Waals surface area contributed by atoms with E-state index in [2.05, 4.69) is 25.1 Å². The Morgan fingerprint density at radius 1 is 1.30 bits per heavy atom. The minimum Gasteiger partial charge on any atom is -0.376 e. The summed E-state index contributed by atoms with van der Waals surface area (Å²) in [7, 11) is 0. The number of anilines is 1. The monoisotopic (exact) mass is 400 g/mol. The predicted octanol–water partition coefficient (Wildman–Crippen LogP) is 5.34. The molecule has 3 aromatic rings. The number of thiazole rings is 1. The van der Waals surface area contributed by atoms with Crippen molar-refractivity contribution in [2.45, 2.75) is 32.3 Å². The van der Waals surface area contributed by atoms with Gasteiger partial charge in [-0.25, -0.2) is 4.98 Å². The number of halogens is 1. The fourth-order valence-corrected chi connectivity index (χ4v) is 4.53. The van der Waals surface area contributed by atoms with Crippen molar-refractivity contribution >= 4 is 44.2 Å². The van der Waals surface area contributed by atoms with Gasteiger partial charge in [0.1, 0.15) is 0 Å². The Morgan fingerprint density at radius 3 is 2.81 bits per heavy atom. The molecule has 0 radical (unpaired) electrons. The molecule has 1 aliphatic rings. The number of rotatable bonds is 5. The van der Waals surface area contributed by atoms with Crippen LogP contribution >= 0.6 is 22.9 Å². The van der Waals surface area contributed by atoms with E-state index in [1.807, 2.05) is 0 Å². The Hall–Kier alpha value is -1.95. The van der Waals surface area contributed by atoms with Crippen molar-refractivity contribution in [2.24, 2.45) is 0 Å². The minimum absolute atomic E-state index is 0.0545. The van der Waals surface area contributed by atoms with Crippen LogP contribution in [0.2, 0.25) is 5.02 Å². The van der Waals surface area contributed by atoms with Crippen molar-refractivity contribution in [1.29, 1.82) is 0 Å². The van der Waals surface area contributed by atoms with Crippen molar-refractivity contribution in [3.63, 3.8) is 0 Å². The van der Waals surface area contributed by atoms with Gasteiger partial charge in [0, 0.05) is 17.2 Å². The smallest absolute Gasteiger partial charge is 0.260 e. The summed E-state index contributed by atoms with van der Waals surface area (Å²) in [5.74, 6) is -0.0701. The summed E-state index contributed by atoms with van der Waals surface area (Å²) in [6.07, 6.45) is 2.97. The van der Waals surface area contributed by atoms with Gasteiger partial charge in [-0.15, -0.1) is 0 Å². The van der Waals surface area contributed by atoms with Crippen LogP contribution in [0.3, 0.4) is 0 Å². The van der Waals surface area contributed by atoms with E-state index in [4.69, 9.17) is 21.3 Å². The average molecular weight is 401 g/mol. The maximum atomic E-state index is 13.3. The number of amides is 1. The molecule has 1 aromatic heterocycles. The van der Waals surface area contributed by atoms with Crippen LogP contribution in [0.4, 0.5) is 5.13 Å². The van der Waals surface area contributed by atoms with Gasteiger partial charge >= 0.3 is 0 Å². The van der Waals surface area contributed by atoms with Crippen LogP contribution in [0.15, 0.2) is 42.5 Å². The number of carbonyl (C=O) groups is 1. The van der Waals surface area contributed by atoms with Gasteiger partial charge in [-0.2, -0.15) is 0 Å². The molecule has 0 bridgehead atoms. The molecule has 4 rings (SSSR count). The van der Waals surface area contributed by atoms with E-state index in [-0.39, 0.29) is 12.0 Å². The Bertz CT molecular complexity index is 948. The van der Waals surface area contributed by atoms with Crippen LogP contribution in [-0.4, -0.2) is 30.1 Å². The van der Waals surface area contributed by atoms with Crippen molar-refractivity contribution in [1.82, 2.24) is 4.98 Å². The fourth-order valence-electron chi connectivity index (χ4n) is 3.38. The molecule has 0 spiro atoms. The second-order valence-corrected chi connectivity index (χ2v) is 8.12. The number of hydrogen-bond acceptors (Lipinski definition) is 4. The lowest BCUT2D eigenvalue weighted by atomic mass is 10.1. The third-order valence-corrected chi connectivity index (χ3v) is 6.15. The summed E-state index contributed by atoms with van der Waals surface area (Å²) in [5, 5.41) is 1.34. The molecule has 1 unspecified atom stereocenters. The van der Waals surface area contributed by atoms with Crippen LogP contribution in [0.1, 0.15) is 35.7 Å². The molecule has 6 heteroatoms. The Morgan fingerprint density at radius 2 is 2.11 bits per heavy atom. The van der Waals surface area contributed by atoms with E-state index in [0.717, 1.165) is 41.2 Å². The Labute approximate surface area is 167 Å². The molecule has 4 nitrogen and oxygen atoms in total. The molecule has 27 heavy (non-hydrogen) atoms. The van der Waals surface area contributed by atoms with Crippen LogP contribution in [0, 0.1) is 0 Å². The van der Waals surface area contributed by atoms with Gasteiger partial charge in [0.05, 0.1) is 22.9 Å². The summed E-state index contributed by atoms with van der Waals surface area (Å²) in [6.45, 7) is 3.40. The molecule has 1 atom stereocenters. The number of aryl methyl sites for hydroxylation is 1. The zero-order valence-corrected chi connectivity index (χ0v) is 16.7. The molecule has 0 N–H and O–H groups in total. The second-order valence-electron chi connectivity index (χ2n) is 6.67. The molecule has 1 aliphatic heterocycles. The van der Waals surface area contributed by atoms with Gasteiger partial charge in [-0.1, -0.05) is 42.0 Å².